The van der Waals surface area contributed by atoms with Crippen LogP contribution < -0.4 is 10.1 Å². The van der Waals surface area contributed by atoms with Crippen molar-refractivity contribution in [2.45, 2.75) is 0 Å². The normalized spacial score (nSPS) is 10.6. The zero-order valence-electron chi connectivity index (χ0n) is 16.2. The zero-order valence-corrected chi connectivity index (χ0v) is 16.2. The van der Waals surface area contributed by atoms with Crippen LogP contribution in [-0.2, 0) is 9.53 Å². The van der Waals surface area contributed by atoms with E-state index in [0.717, 1.165) is 16.5 Å². The molecule has 30 heavy (non-hydrogen) atoms. The molecule has 1 heterocycles. The topological polar surface area (TPSA) is 82.5 Å². The Hall–Kier alpha value is -4.13. The molecule has 1 N–H and O–H groups in total. The third-order valence-electron chi connectivity index (χ3n) is 4.48. The standard InChI is InChI=1S/C23H19N3O4/c1-29-20-14-26(19-9-3-2-4-10-19)25-22(20)23(28)30-15-21(27)24-18-12-11-16-7-5-6-8-17(16)13-18/h2-14H,15H2,1H3,(H,24,27). The van der Waals surface area contributed by atoms with Gasteiger partial charge in [0.2, 0.25) is 5.69 Å². The lowest BCUT2D eigenvalue weighted by molar-refractivity contribution is -0.119. The summed E-state index contributed by atoms with van der Waals surface area (Å²) in [6.07, 6.45) is 1.58. The van der Waals surface area contributed by atoms with E-state index in [-0.39, 0.29) is 11.4 Å². The van der Waals surface area contributed by atoms with E-state index in [4.69, 9.17) is 9.47 Å². The molecule has 4 aromatic rings. The van der Waals surface area contributed by atoms with Crippen molar-refractivity contribution >= 4 is 28.3 Å². The average molecular weight is 401 g/mol. The summed E-state index contributed by atoms with van der Waals surface area (Å²) in [6.45, 7) is -0.437. The Morgan fingerprint density at radius 2 is 1.70 bits per heavy atom. The summed E-state index contributed by atoms with van der Waals surface area (Å²) < 4.78 is 11.9. The second-order valence-corrected chi connectivity index (χ2v) is 6.51. The third kappa shape index (κ3) is 4.15. The van der Waals surface area contributed by atoms with Gasteiger partial charge in [-0.15, -0.1) is 0 Å². The molecule has 0 aliphatic rings. The van der Waals surface area contributed by atoms with Crippen molar-refractivity contribution < 1.29 is 19.1 Å². The lowest BCUT2D eigenvalue weighted by Gasteiger charge is -2.07. The number of ether oxygens (including phenoxy) is 2. The van der Waals surface area contributed by atoms with E-state index in [9.17, 15) is 9.59 Å². The highest BCUT2D eigenvalue weighted by Gasteiger charge is 2.21. The van der Waals surface area contributed by atoms with Gasteiger partial charge in [0, 0.05) is 5.69 Å². The molecule has 4 rings (SSSR count). The van der Waals surface area contributed by atoms with Gasteiger partial charge < -0.3 is 14.8 Å². The van der Waals surface area contributed by atoms with Crippen LogP contribution in [0.2, 0.25) is 0 Å². The number of methoxy groups -OCH3 is 1. The van der Waals surface area contributed by atoms with E-state index in [2.05, 4.69) is 10.4 Å². The Kier molecular flexibility index (Phi) is 5.43. The van der Waals surface area contributed by atoms with Gasteiger partial charge in [-0.2, -0.15) is 5.10 Å². The molecule has 0 spiro atoms. The maximum Gasteiger partial charge on any atom is 0.363 e. The van der Waals surface area contributed by atoms with Crippen LogP contribution in [0.3, 0.4) is 0 Å². The smallest absolute Gasteiger partial charge is 0.363 e. The SMILES string of the molecule is COc1cn(-c2ccccc2)nc1C(=O)OCC(=O)Nc1ccc2ccccc2c1. The Morgan fingerprint density at radius 1 is 0.967 bits per heavy atom. The molecule has 0 radical (unpaired) electrons. The average Bonchev–Trinajstić information content (AvgIpc) is 3.23. The number of aromatic nitrogens is 2. The summed E-state index contributed by atoms with van der Waals surface area (Å²) in [6, 6.07) is 22.7. The van der Waals surface area contributed by atoms with Crippen molar-refractivity contribution in [1.29, 1.82) is 0 Å². The number of benzene rings is 3. The highest BCUT2D eigenvalue weighted by molar-refractivity contribution is 5.97. The van der Waals surface area contributed by atoms with Crippen molar-refractivity contribution in [2.24, 2.45) is 0 Å². The molecule has 1 aromatic heterocycles. The highest BCUT2D eigenvalue weighted by Crippen LogP contribution is 2.21. The van der Waals surface area contributed by atoms with Crippen LogP contribution in [0.15, 0.2) is 79.0 Å². The number of rotatable bonds is 6. The van der Waals surface area contributed by atoms with E-state index < -0.39 is 18.5 Å². The van der Waals surface area contributed by atoms with E-state index in [1.807, 2.05) is 66.7 Å². The molecule has 0 atom stereocenters. The molecule has 0 aliphatic heterocycles. The fourth-order valence-electron chi connectivity index (χ4n) is 3.03. The van der Waals surface area contributed by atoms with Gasteiger partial charge in [0.05, 0.1) is 19.0 Å². The molecule has 1 amide bonds. The summed E-state index contributed by atoms with van der Waals surface area (Å²) >= 11 is 0. The van der Waals surface area contributed by atoms with Crippen LogP contribution in [0.1, 0.15) is 10.5 Å². The summed E-state index contributed by atoms with van der Waals surface area (Å²) in [4.78, 5) is 24.7. The van der Waals surface area contributed by atoms with Gasteiger partial charge >= 0.3 is 5.97 Å². The number of amides is 1. The van der Waals surface area contributed by atoms with Gasteiger partial charge in [0.1, 0.15) is 0 Å². The molecule has 0 saturated heterocycles. The van der Waals surface area contributed by atoms with Crippen molar-refractivity contribution in [3.63, 3.8) is 0 Å². The lowest BCUT2D eigenvalue weighted by atomic mass is 10.1. The maximum absolute atomic E-state index is 12.4. The lowest BCUT2D eigenvalue weighted by Crippen LogP contribution is -2.21. The van der Waals surface area contributed by atoms with Crippen LogP contribution in [0.4, 0.5) is 5.69 Å². The van der Waals surface area contributed by atoms with Crippen molar-refractivity contribution in [1.82, 2.24) is 9.78 Å². The Balaban J connectivity index is 1.41. The molecular weight excluding hydrogens is 382 g/mol. The van der Waals surface area contributed by atoms with Crippen molar-refractivity contribution in [2.75, 3.05) is 19.0 Å². The van der Waals surface area contributed by atoms with Crippen molar-refractivity contribution in [3.05, 3.63) is 84.7 Å². The number of hydrogen-bond donors (Lipinski definition) is 1. The summed E-state index contributed by atoms with van der Waals surface area (Å²) in [5, 5.41) is 9.04. The fourth-order valence-corrected chi connectivity index (χ4v) is 3.03. The molecule has 7 heteroatoms. The van der Waals surface area contributed by atoms with Gasteiger partial charge in [-0.1, -0.05) is 48.5 Å². The second kappa shape index (κ2) is 8.48. The number of nitrogens with one attached hydrogen (secondary N) is 1. The minimum Gasteiger partial charge on any atom is -0.493 e. The number of para-hydroxylation sites is 1. The minimum absolute atomic E-state index is 0.000131. The number of hydrogen-bond acceptors (Lipinski definition) is 5. The largest absolute Gasteiger partial charge is 0.493 e. The number of anilines is 1. The van der Waals surface area contributed by atoms with Crippen LogP contribution in [0.5, 0.6) is 5.75 Å². The van der Waals surface area contributed by atoms with E-state index in [1.165, 1.54) is 11.8 Å². The molecule has 0 bridgehead atoms. The van der Waals surface area contributed by atoms with Gasteiger partial charge in [0.15, 0.2) is 12.4 Å². The van der Waals surface area contributed by atoms with Crippen LogP contribution in [-0.4, -0.2) is 35.4 Å². The molecule has 7 nitrogen and oxygen atoms in total. The van der Waals surface area contributed by atoms with E-state index in [1.54, 1.807) is 12.3 Å². The first-order valence-electron chi connectivity index (χ1n) is 9.29. The van der Waals surface area contributed by atoms with Gasteiger partial charge in [-0.3, -0.25) is 4.79 Å². The number of nitrogens with zero attached hydrogens (tertiary/aromatic N) is 2. The first kappa shape index (κ1) is 19.2. The molecule has 0 unspecified atom stereocenters. The summed E-state index contributed by atoms with van der Waals surface area (Å²) in [5.74, 6) is -0.922. The second-order valence-electron chi connectivity index (χ2n) is 6.51. The maximum atomic E-state index is 12.4. The minimum atomic E-state index is -0.741. The molecule has 150 valence electrons. The monoisotopic (exact) mass is 401 g/mol. The predicted molar refractivity (Wildman–Crippen MR) is 113 cm³/mol. The van der Waals surface area contributed by atoms with Gasteiger partial charge in [-0.05, 0) is 35.0 Å². The number of carbonyl (C=O) groups excluding carboxylic acids is 2. The number of carbonyl (C=O) groups is 2. The predicted octanol–water partition coefficient (Wildman–Crippen LogP) is 3.83. The van der Waals surface area contributed by atoms with Gasteiger partial charge in [-0.25, -0.2) is 9.48 Å². The first-order valence-corrected chi connectivity index (χ1v) is 9.29. The molecular formula is C23H19N3O4. The Morgan fingerprint density at radius 3 is 2.47 bits per heavy atom. The van der Waals surface area contributed by atoms with Crippen LogP contribution in [0.25, 0.3) is 16.5 Å². The fraction of sp³-hybridized carbons (Fsp3) is 0.0870. The van der Waals surface area contributed by atoms with E-state index >= 15 is 0 Å². The highest BCUT2D eigenvalue weighted by atomic mass is 16.5. The van der Waals surface area contributed by atoms with Crippen LogP contribution in [0, 0.1) is 0 Å². The summed E-state index contributed by atoms with van der Waals surface area (Å²) in [7, 11) is 1.44. The van der Waals surface area contributed by atoms with Crippen LogP contribution >= 0.6 is 0 Å². The number of esters is 1. The molecule has 3 aromatic carbocycles. The quantitative estimate of drug-likeness (QED) is 0.497. The van der Waals surface area contributed by atoms with Crippen molar-refractivity contribution in [3.8, 4) is 11.4 Å². The Labute approximate surface area is 172 Å². The molecule has 0 aliphatic carbocycles. The number of fused-ring (bicyclic) bond motifs is 1. The first-order chi connectivity index (χ1) is 14.6. The Bertz CT molecular complexity index is 1200. The third-order valence-corrected chi connectivity index (χ3v) is 4.48. The summed E-state index contributed by atoms with van der Waals surface area (Å²) in [5.41, 5.74) is 1.39. The molecule has 0 saturated carbocycles. The van der Waals surface area contributed by atoms with E-state index in [0.29, 0.717) is 5.69 Å². The zero-order chi connectivity index (χ0) is 20.9. The van der Waals surface area contributed by atoms with Gasteiger partial charge in [0.25, 0.3) is 5.91 Å². The molecule has 0 fully saturated rings.